The predicted octanol–water partition coefficient (Wildman–Crippen LogP) is 4.84. The van der Waals surface area contributed by atoms with Gasteiger partial charge in [-0.1, -0.05) is 71.1 Å². The summed E-state index contributed by atoms with van der Waals surface area (Å²) in [4.78, 5) is 19.0. The number of nitrogens with two attached hydrogens (primary N) is 1. The van der Waals surface area contributed by atoms with Crippen molar-refractivity contribution in [1.82, 2.24) is 9.97 Å². The molecule has 0 spiro atoms. The van der Waals surface area contributed by atoms with E-state index >= 15 is 0 Å². The number of hydrogen-bond acceptors (Lipinski definition) is 4. The van der Waals surface area contributed by atoms with Crippen LogP contribution in [0.2, 0.25) is 0 Å². The number of nitrogen functional groups attached to an aromatic ring is 1. The SMILES string of the molecule is CCCCCCCCCCCCCC(=O)Nc1nc(N)cc(F)n1. The molecule has 5 nitrogen and oxygen atoms in total. The summed E-state index contributed by atoms with van der Waals surface area (Å²) in [6, 6.07) is 1.01. The molecule has 0 bridgehead atoms. The van der Waals surface area contributed by atoms with Crippen molar-refractivity contribution in [3.63, 3.8) is 0 Å². The van der Waals surface area contributed by atoms with Crippen LogP contribution in [0.1, 0.15) is 84.0 Å². The fourth-order valence-electron chi connectivity index (χ4n) is 2.63. The maximum absolute atomic E-state index is 13.0. The lowest BCUT2D eigenvalue weighted by Gasteiger charge is -2.05. The van der Waals surface area contributed by atoms with Gasteiger partial charge in [-0.3, -0.25) is 10.1 Å². The third kappa shape index (κ3) is 10.1. The van der Waals surface area contributed by atoms with Gasteiger partial charge in [-0.05, 0) is 6.42 Å². The van der Waals surface area contributed by atoms with Gasteiger partial charge in [0.25, 0.3) is 0 Å². The van der Waals surface area contributed by atoms with E-state index in [-0.39, 0.29) is 17.7 Å². The molecule has 1 aromatic rings. The molecule has 136 valence electrons. The Bertz CT molecular complexity index is 462. The third-order valence-corrected chi connectivity index (χ3v) is 3.97. The van der Waals surface area contributed by atoms with Crippen LogP contribution in [0, 0.1) is 5.95 Å². The lowest BCUT2D eigenvalue weighted by atomic mass is 10.1. The first kappa shape index (κ1) is 20.3. The summed E-state index contributed by atoms with van der Waals surface area (Å²) in [5.74, 6) is -1.00. The highest BCUT2D eigenvalue weighted by Crippen LogP contribution is 2.12. The molecule has 1 heterocycles. The van der Waals surface area contributed by atoms with Crippen LogP contribution < -0.4 is 11.1 Å². The maximum Gasteiger partial charge on any atom is 0.234 e. The van der Waals surface area contributed by atoms with E-state index in [2.05, 4.69) is 22.2 Å². The molecule has 1 rings (SSSR count). The van der Waals surface area contributed by atoms with E-state index in [1.54, 1.807) is 0 Å². The highest BCUT2D eigenvalue weighted by Gasteiger charge is 2.07. The summed E-state index contributed by atoms with van der Waals surface area (Å²) in [7, 11) is 0. The Morgan fingerprint density at radius 1 is 1.00 bits per heavy atom. The van der Waals surface area contributed by atoms with E-state index in [4.69, 9.17) is 5.73 Å². The molecule has 6 heteroatoms. The number of hydrogen-bond donors (Lipinski definition) is 2. The number of carbonyl (C=O) groups excluding carboxylic acids is 1. The van der Waals surface area contributed by atoms with Crippen LogP contribution in [0.15, 0.2) is 6.07 Å². The zero-order chi connectivity index (χ0) is 17.6. The molecule has 0 aromatic carbocycles. The first-order chi connectivity index (χ1) is 11.6. The van der Waals surface area contributed by atoms with Crippen LogP contribution in [-0.2, 0) is 4.79 Å². The summed E-state index contributed by atoms with van der Waals surface area (Å²) in [6.07, 6.45) is 14.0. The Morgan fingerprint density at radius 3 is 2.08 bits per heavy atom. The van der Waals surface area contributed by atoms with E-state index in [9.17, 15) is 9.18 Å². The van der Waals surface area contributed by atoms with Crippen molar-refractivity contribution < 1.29 is 9.18 Å². The molecular weight excluding hydrogens is 307 g/mol. The topological polar surface area (TPSA) is 80.9 Å². The van der Waals surface area contributed by atoms with Gasteiger partial charge in [0.2, 0.25) is 17.8 Å². The van der Waals surface area contributed by atoms with Gasteiger partial charge >= 0.3 is 0 Å². The van der Waals surface area contributed by atoms with E-state index in [0.717, 1.165) is 25.3 Å². The minimum absolute atomic E-state index is 0.00694. The normalized spacial score (nSPS) is 10.8. The summed E-state index contributed by atoms with van der Waals surface area (Å²) >= 11 is 0. The fourth-order valence-corrected chi connectivity index (χ4v) is 2.63. The molecule has 0 atom stereocenters. The lowest BCUT2D eigenvalue weighted by Crippen LogP contribution is -2.14. The highest BCUT2D eigenvalue weighted by molar-refractivity contribution is 5.88. The van der Waals surface area contributed by atoms with Crippen LogP contribution in [0.25, 0.3) is 0 Å². The Kier molecular flexibility index (Phi) is 10.7. The second-order valence-corrected chi connectivity index (χ2v) is 6.27. The quantitative estimate of drug-likeness (QED) is 0.398. The van der Waals surface area contributed by atoms with E-state index in [0.29, 0.717) is 6.42 Å². The number of nitrogens with zero attached hydrogens (tertiary/aromatic N) is 2. The van der Waals surface area contributed by atoms with Crippen molar-refractivity contribution in [2.45, 2.75) is 84.0 Å². The van der Waals surface area contributed by atoms with E-state index in [1.807, 2.05) is 0 Å². The van der Waals surface area contributed by atoms with Crippen molar-refractivity contribution in [3.8, 4) is 0 Å². The van der Waals surface area contributed by atoms with E-state index < -0.39 is 5.95 Å². The average Bonchev–Trinajstić information content (AvgIpc) is 2.51. The number of rotatable bonds is 13. The Labute approximate surface area is 144 Å². The van der Waals surface area contributed by atoms with Gasteiger partial charge in [0.1, 0.15) is 5.82 Å². The number of carbonyl (C=O) groups is 1. The van der Waals surface area contributed by atoms with Crippen molar-refractivity contribution in [1.29, 1.82) is 0 Å². The minimum atomic E-state index is -0.743. The number of unbranched alkanes of at least 4 members (excludes halogenated alkanes) is 10. The second-order valence-electron chi connectivity index (χ2n) is 6.27. The monoisotopic (exact) mass is 338 g/mol. The molecule has 3 N–H and O–H groups in total. The fraction of sp³-hybridized carbons (Fsp3) is 0.722. The molecule has 0 aliphatic carbocycles. The lowest BCUT2D eigenvalue weighted by molar-refractivity contribution is -0.116. The van der Waals surface area contributed by atoms with Crippen molar-refractivity contribution in [3.05, 3.63) is 12.0 Å². The zero-order valence-corrected chi connectivity index (χ0v) is 14.8. The number of halogens is 1. The standard InChI is InChI=1S/C18H31FN4O/c1-2-3-4-5-6-7-8-9-10-11-12-13-17(24)23-18-21-15(19)14-16(20)22-18/h14H,2-13H2,1H3,(H3,20,21,22,23,24). The minimum Gasteiger partial charge on any atom is -0.383 e. The number of nitrogens with one attached hydrogen (secondary N) is 1. The van der Waals surface area contributed by atoms with Gasteiger partial charge in [0.05, 0.1) is 0 Å². The van der Waals surface area contributed by atoms with Crippen molar-refractivity contribution >= 4 is 17.7 Å². The summed E-state index contributed by atoms with van der Waals surface area (Å²) in [5.41, 5.74) is 5.41. The van der Waals surface area contributed by atoms with Gasteiger partial charge in [-0.25, -0.2) is 0 Å². The van der Waals surface area contributed by atoms with Crippen LogP contribution in [0.4, 0.5) is 16.2 Å². The highest BCUT2D eigenvalue weighted by atomic mass is 19.1. The smallest absolute Gasteiger partial charge is 0.234 e. The van der Waals surface area contributed by atoms with Crippen molar-refractivity contribution in [2.24, 2.45) is 0 Å². The molecule has 0 aliphatic rings. The molecule has 1 aromatic heterocycles. The van der Waals surface area contributed by atoms with Gasteiger partial charge in [-0.2, -0.15) is 14.4 Å². The first-order valence-corrected chi connectivity index (χ1v) is 9.21. The molecule has 24 heavy (non-hydrogen) atoms. The average molecular weight is 338 g/mol. The van der Waals surface area contributed by atoms with Crippen LogP contribution in [0.5, 0.6) is 0 Å². The Balaban J connectivity index is 1.98. The van der Waals surface area contributed by atoms with Crippen LogP contribution in [0.3, 0.4) is 0 Å². The number of amides is 1. The molecule has 1 amide bonds. The molecule has 0 saturated carbocycles. The van der Waals surface area contributed by atoms with Gasteiger partial charge in [0, 0.05) is 12.5 Å². The number of aromatic nitrogens is 2. The van der Waals surface area contributed by atoms with Gasteiger partial charge in [-0.15, -0.1) is 0 Å². The molecule has 0 unspecified atom stereocenters. The summed E-state index contributed by atoms with van der Waals surface area (Å²) in [5, 5.41) is 2.48. The molecule has 0 aliphatic heterocycles. The Hall–Kier alpha value is -1.72. The van der Waals surface area contributed by atoms with E-state index in [1.165, 1.54) is 51.4 Å². The predicted molar refractivity (Wildman–Crippen MR) is 96.1 cm³/mol. The van der Waals surface area contributed by atoms with Crippen LogP contribution >= 0.6 is 0 Å². The molecule has 0 fully saturated rings. The molecular formula is C18H31FN4O. The first-order valence-electron chi connectivity index (χ1n) is 9.21. The summed E-state index contributed by atoms with van der Waals surface area (Å²) in [6.45, 7) is 2.24. The molecule has 0 saturated heterocycles. The largest absolute Gasteiger partial charge is 0.383 e. The zero-order valence-electron chi connectivity index (χ0n) is 14.8. The van der Waals surface area contributed by atoms with Crippen LogP contribution in [-0.4, -0.2) is 15.9 Å². The summed E-state index contributed by atoms with van der Waals surface area (Å²) < 4.78 is 13.0. The number of anilines is 2. The molecule has 0 radical (unpaired) electrons. The second kappa shape index (κ2) is 12.7. The third-order valence-electron chi connectivity index (χ3n) is 3.97. The van der Waals surface area contributed by atoms with Crippen molar-refractivity contribution in [2.75, 3.05) is 11.1 Å². The maximum atomic E-state index is 13.0. The Morgan fingerprint density at radius 2 is 1.54 bits per heavy atom. The van der Waals surface area contributed by atoms with Gasteiger partial charge in [0.15, 0.2) is 0 Å². The van der Waals surface area contributed by atoms with Gasteiger partial charge < -0.3 is 5.73 Å².